The summed E-state index contributed by atoms with van der Waals surface area (Å²) in [5, 5.41) is 7.06. The number of aliphatic imine (C=N–C) groups is 1. The van der Waals surface area contributed by atoms with Crippen LogP contribution in [0.4, 0.5) is 0 Å². The van der Waals surface area contributed by atoms with Crippen LogP contribution in [-0.2, 0) is 4.74 Å². The normalized spacial score (nSPS) is 19.9. The highest BCUT2D eigenvalue weighted by atomic mass is 127. The molecule has 1 saturated heterocycles. The molecule has 2 fully saturated rings. The van der Waals surface area contributed by atoms with Gasteiger partial charge in [-0.15, -0.1) is 35.7 Å². The molecule has 1 aliphatic carbocycles. The van der Waals surface area contributed by atoms with Crippen LogP contribution in [0.2, 0.25) is 0 Å². The molecule has 5 nitrogen and oxygen atoms in total. The van der Waals surface area contributed by atoms with Crippen LogP contribution in [0.5, 0.6) is 0 Å². The first kappa shape index (κ1) is 22.8. The van der Waals surface area contributed by atoms with Crippen LogP contribution in [0.15, 0.2) is 40.2 Å². The van der Waals surface area contributed by atoms with Gasteiger partial charge < -0.3 is 15.4 Å². The van der Waals surface area contributed by atoms with Gasteiger partial charge in [0.05, 0.1) is 13.2 Å². The molecule has 3 rings (SSSR count). The lowest BCUT2D eigenvalue weighted by atomic mass is 10.0. The summed E-state index contributed by atoms with van der Waals surface area (Å²) in [7, 11) is 1.85. The summed E-state index contributed by atoms with van der Waals surface area (Å²) in [5.41, 5.74) is 0.0808. The second-order valence-electron chi connectivity index (χ2n) is 7.79. The zero-order chi connectivity index (χ0) is 18.5. The number of benzene rings is 1. The average Bonchev–Trinajstić information content (AvgIpc) is 3.43. The van der Waals surface area contributed by atoms with Gasteiger partial charge in [-0.05, 0) is 38.8 Å². The molecular weight excluding hydrogens is 471 g/mol. The highest BCUT2D eigenvalue weighted by molar-refractivity contribution is 14.0. The molecule has 1 saturated carbocycles. The molecule has 0 spiro atoms. The van der Waals surface area contributed by atoms with Gasteiger partial charge in [0.1, 0.15) is 0 Å². The number of nitrogens with zero attached hydrogens (tertiary/aromatic N) is 2. The van der Waals surface area contributed by atoms with Crippen molar-refractivity contribution in [1.29, 1.82) is 0 Å². The van der Waals surface area contributed by atoms with Gasteiger partial charge in [0, 0.05) is 48.4 Å². The lowest BCUT2D eigenvalue weighted by molar-refractivity contribution is -0.00833. The maximum Gasteiger partial charge on any atom is 0.191 e. The Hall–Kier alpha value is -0.510. The molecule has 0 radical (unpaired) electrons. The largest absolute Gasteiger partial charge is 0.379 e. The van der Waals surface area contributed by atoms with Crippen molar-refractivity contribution in [3.8, 4) is 0 Å². The summed E-state index contributed by atoms with van der Waals surface area (Å²) in [6.07, 6.45) is 2.52. The van der Waals surface area contributed by atoms with Crippen LogP contribution >= 0.6 is 35.7 Å². The van der Waals surface area contributed by atoms with E-state index in [2.05, 4.69) is 64.7 Å². The number of thioether (sulfide) groups is 1. The van der Waals surface area contributed by atoms with Crippen LogP contribution in [0.25, 0.3) is 0 Å². The summed E-state index contributed by atoms with van der Waals surface area (Å²) in [4.78, 5) is 8.26. The molecule has 0 bridgehead atoms. The van der Waals surface area contributed by atoms with E-state index in [4.69, 9.17) is 4.74 Å². The Morgan fingerprint density at radius 2 is 1.85 bits per heavy atom. The molecule has 0 atom stereocenters. The van der Waals surface area contributed by atoms with E-state index in [1.807, 2.05) is 18.8 Å². The third kappa shape index (κ3) is 6.80. The Balaban J connectivity index is 0.00000261. The summed E-state index contributed by atoms with van der Waals surface area (Å²) in [6, 6.07) is 10.7. The van der Waals surface area contributed by atoms with Crippen molar-refractivity contribution in [2.45, 2.75) is 41.9 Å². The number of ether oxygens (including phenoxy) is 1. The number of halogens is 1. The third-order valence-electron chi connectivity index (χ3n) is 5.24. The minimum Gasteiger partial charge on any atom is -0.379 e. The highest BCUT2D eigenvalue weighted by Crippen LogP contribution is 2.51. The maximum atomic E-state index is 5.47. The molecule has 1 aromatic carbocycles. The molecular formula is C20H33IN4OS. The topological polar surface area (TPSA) is 48.9 Å². The predicted octanol–water partition coefficient (Wildman–Crippen LogP) is 3.21. The Morgan fingerprint density at radius 1 is 1.19 bits per heavy atom. The fraction of sp³-hybridized carbons (Fsp3) is 0.650. The van der Waals surface area contributed by atoms with Gasteiger partial charge >= 0.3 is 0 Å². The van der Waals surface area contributed by atoms with E-state index in [-0.39, 0.29) is 29.5 Å². The number of nitrogens with one attached hydrogen (secondary N) is 2. The van der Waals surface area contributed by atoms with Crippen LogP contribution in [0.3, 0.4) is 0 Å². The standard InChI is InChI=1S/C20H32N4OS.HI/c1-19(2,24-11-13-25-14-12-24)15-22-18(21-3)23-16-20(9-10-20)26-17-7-5-4-6-8-17;/h4-8H,9-16H2,1-3H3,(H2,21,22,23);1H. The number of hydrogen-bond donors (Lipinski definition) is 2. The third-order valence-corrected chi connectivity index (χ3v) is 6.74. The van der Waals surface area contributed by atoms with E-state index < -0.39 is 0 Å². The minimum atomic E-state index is 0. The molecule has 152 valence electrons. The van der Waals surface area contributed by atoms with Gasteiger partial charge in [-0.2, -0.15) is 0 Å². The summed E-state index contributed by atoms with van der Waals surface area (Å²) in [5.74, 6) is 0.895. The van der Waals surface area contributed by atoms with Crippen LogP contribution in [0.1, 0.15) is 26.7 Å². The fourth-order valence-corrected chi connectivity index (χ4v) is 4.48. The summed E-state index contributed by atoms with van der Waals surface area (Å²) in [6.45, 7) is 10.0. The predicted molar refractivity (Wildman–Crippen MR) is 126 cm³/mol. The zero-order valence-electron chi connectivity index (χ0n) is 16.7. The SMILES string of the molecule is CN=C(NCC1(Sc2ccccc2)CC1)NCC(C)(C)N1CCOCC1.I. The fourth-order valence-electron chi connectivity index (χ4n) is 3.24. The smallest absolute Gasteiger partial charge is 0.191 e. The van der Waals surface area contributed by atoms with Crippen molar-refractivity contribution >= 4 is 41.7 Å². The Morgan fingerprint density at radius 3 is 2.44 bits per heavy atom. The van der Waals surface area contributed by atoms with Crippen molar-refractivity contribution in [1.82, 2.24) is 15.5 Å². The van der Waals surface area contributed by atoms with Gasteiger partial charge in [0.25, 0.3) is 0 Å². The number of morpholine rings is 1. The van der Waals surface area contributed by atoms with Crippen molar-refractivity contribution in [2.75, 3.05) is 46.4 Å². The quantitative estimate of drug-likeness (QED) is 0.340. The summed E-state index contributed by atoms with van der Waals surface area (Å²) < 4.78 is 5.79. The van der Waals surface area contributed by atoms with Gasteiger partial charge in [0.15, 0.2) is 5.96 Å². The first-order valence-electron chi connectivity index (χ1n) is 9.54. The van der Waals surface area contributed by atoms with Crippen molar-refractivity contribution < 1.29 is 4.74 Å². The van der Waals surface area contributed by atoms with Gasteiger partial charge in [0.2, 0.25) is 0 Å². The molecule has 1 aromatic rings. The van der Waals surface area contributed by atoms with E-state index in [0.717, 1.165) is 45.4 Å². The monoisotopic (exact) mass is 504 g/mol. The van der Waals surface area contributed by atoms with Crippen molar-refractivity contribution in [2.24, 2.45) is 4.99 Å². The maximum absolute atomic E-state index is 5.47. The van der Waals surface area contributed by atoms with Crippen molar-refractivity contribution in [3.05, 3.63) is 30.3 Å². The summed E-state index contributed by atoms with van der Waals surface area (Å²) >= 11 is 1.99. The molecule has 2 N–H and O–H groups in total. The first-order valence-corrected chi connectivity index (χ1v) is 10.4. The zero-order valence-corrected chi connectivity index (χ0v) is 19.8. The van der Waals surface area contributed by atoms with Crippen LogP contribution in [-0.4, -0.2) is 67.6 Å². The molecule has 1 aliphatic heterocycles. The molecule has 1 heterocycles. The molecule has 0 aromatic heterocycles. The van der Waals surface area contributed by atoms with Gasteiger partial charge in [-0.3, -0.25) is 9.89 Å². The first-order chi connectivity index (χ1) is 12.5. The second kappa shape index (κ2) is 10.3. The lowest BCUT2D eigenvalue weighted by Gasteiger charge is -2.41. The minimum absolute atomic E-state index is 0. The second-order valence-corrected chi connectivity index (χ2v) is 9.33. The van der Waals surface area contributed by atoms with E-state index in [0.29, 0.717) is 4.75 Å². The highest BCUT2D eigenvalue weighted by Gasteiger charge is 2.43. The Bertz CT molecular complexity index is 601. The van der Waals surface area contributed by atoms with Gasteiger partial charge in [-0.1, -0.05) is 18.2 Å². The lowest BCUT2D eigenvalue weighted by Crippen LogP contribution is -2.56. The van der Waals surface area contributed by atoms with Gasteiger partial charge in [-0.25, -0.2) is 0 Å². The molecule has 27 heavy (non-hydrogen) atoms. The van der Waals surface area contributed by atoms with E-state index in [1.54, 1.807) is 0 Å². The molecule has 0 amide bonds. The Kier molecular flexibility index (Phi) is 8.70. The Labute approximate surface area is 185 Å². The molecule has 2 aliphatic rings. The van der Waals surface area contributed by atoms with E-state index in [9.17, 15) is 0 Å². The molecule has 0 unspecified atom stereocenters. The van der Waals surface area contributed by atoms with Crippen LogP contribution in [0, 0.1) is 0 Å². The molecule has 7 heteroatoms. The van der Waals surface area contributed by atoms with E-state index >= 15 is 0 Å². The number of hydrogen-bond acceptors (Lipinski definition) is 4. The van der Waals surface area contributed by atoms with Crippen LogP contribution < -0.4 is 10.6 Å². The average molecular weight is 504 g/mol. The number of guanidine groups is 1. The van der Waals surface area contributed by atoms with E-state index in [1.165, 1.54) is 17.7 Å². The van der Waals surface area contributed by atoms with Crippen molar-refractivity contribution in [3.63, 3.8) is 0 Å². The number of rotatable bonds is 7.